The van der Waals surface area contributed by atoms with Crippen LogP contribution in [0.15, 0.2) is 18.2 Å². The monoisotopic (exact) mass is 316 g/mol. The Bertz CT molecular complexity index is 652. The fraction of sp³-hybridized carbons (Fsp3) is 0.529. The number of hydrogen-bond donors (Lipinski definition) is 2. The van der Waals surface area contributed by atoms with Gasteiger partial charge in [-0.05, 0) is 32.0 Å². The second-order valence-electron chi connectivity index (χ2n) is 6.53. The van der Waals surface area contributed by atoms with Crippen LogP contribution in [0.5, 0.6) is 11.5 Å². The van der Waals surface area contributed by atoms with Crippen LogP contribution < -0.4 is 20.1 Å². The van der Waals surface area contributed by atoms with E-state index in [9.17, 15) is 9.59 Å². The van der Waals surface area contributed by atoms with Crippen LogP contribution in [0.2, 0.25) is 0 Å². The molecule has 4 rings (SSSR count). The van der Waals surface area contributed by atoms with Gasteiger partial charge < -0.3 is 14.8 Å². The first-order chi connectivity index (χ1) is 11.2. The van der Waals surface area contributed by atoms with Crippen LogP contribution in [0.25, 0.3) is 0 Å². The maximum Gasteiger partial charge on any atom is 0.267 e. The second kappa shape index (κ2) is 5.53. The number of amides is 2. The first-order valence-corrected chi connectivity index (χ1v) is 8.15. The molecular weight excluding hydrogens is 296 g/mol. The lowest BCUT2D eigenvalue weighted by Gasteiger charge is -2.32. The molecule has 0 aromatic heterocycles. The molecule has 1 aromatic carbocycles. The lowest BCUT2D eigenvalue weighted by atomic mass is 9.75. The molecule has 2 saturated heterocycles. The summed E-state index contributed by atoms with van der Waals surface area (Å²) in [6, 6.07) is 5.84. The Morgan fingerprint density at radius 1 is 1.22 bits per heavy atom. The fourth-order valence-electron chi connectivity index (χ4n) is 3.70. The van der Waals surface area contributed by atoms with Crippen LogP contribution in [-0.4, -0.2) is 37.6 Å². The first-order valence-electron chi connectivity index (χ1n) is 8.15. The predicted octanol–water partition coefficient (Wildman–Crippen LogP) is 0.884. The van der Waals surface area contributed by atoms with E-state index in [0.29, 0.717) is 25.2 Å². The van der Waals surface area contributed by atoms with E-state index in [4.69, 9.17) is 9.47 Å². The third-order valence-electron chi connectivity index (χ3n) is 5.06. The Labute approximate surface area is 134 Å². The van der Waals surface area contributed by atoms with Gasteiger partial charge in [-0.2, -0.15) is 0 Å². The van der Waals surface area contributed by atoms with Crippen molar-refractivity contribution >= 4 is 11.8 Å². The Morgan fingerprint density at radius 2 is 2.04 bits per heavy atom. The second-order valence-corrected chi connectivity index (χ2v) is 6.53. The van der Waals surface area contributed by atoms with E-state index in [1.807, 2.05) is 12.1 Å². The zero-order valence-electron chi connectivity index (χ0n) is 12.9. The average molecular weight is 316 g/mol. The quantitative estimate of drug-likeness (QED) is 0.792. The van der Waals surface area contributed by atoms with E-state index >= 15 is 0 Å². The maximum absolute atomic E-state index is 11.8. The third-order valence-corrected chi connectivity index (χ3v) is 5.06. The summed E-state index contributed by atoms with van der Waals surface area (Å²) in [6.07, 6.45) is 2.27. The number of carbonyl (C=O) groups excluding carboxylic acids is 2. The number of benzene rings is 1. The van der Waals surface area contributed by atoms with Crippen molar-refractivity contribution in [2.75, 3.05) is 19.7 Å². The Hall–Kier alpha value is -2.08. The molecule has 1 atom stereocenters. The molecule has 122 valence electrons. The average Bonchev–Trinajstić information content (AvgIpc) is 2.89. The molecule has 0 saturated carbocycles. The summed E-state index contributed by atoms with van der Waals surface area (Å²) >= 11 is 0. The van der Waals surface area contributed by atoms with Gasteiger partial charge in [0.25, 0.3) is 5.91 Å². The number of hydrogen-bond acceptors (Lipinski definition) is 5. The van der Waals surface area contributed by atoms with Crippen LogP contribution in [0, 0.1) is 0 Å². The Kier molecular flexibility index (Phi) is 3.49. The minimum Gasteiger partial charge on any atom is -0.492 e. The van der Waals surface area contributed by atoms with Crippen LogP contribution >= 0.6 is 0 Å². The normalized spacial score (nSPS) is 25.7. The molecule has 0 unspecified atom stereocenters. The number of ether oxygens (including phenoxy) is 2. The van der Waals surface area contributed by atoms with Gasteiger partial charge in [-0.3, -0.25) is 14.9 Å². The zero-order valence-corrected chi connectivity index (χ0v) is 12.9. The molecule has 0 aliphatic carbocycles. The molecule has 0 radical (unpaired) electrons. The largest absolute Gasteiger partial charge is 0.492 e. The minimum absolute atomic E-state index is 0.119. The van der Waals surface area contributed by atoms with Gasteiger partial charge in [-0.25, -0.2) is 0 Å². The van der Waals surface area contributed by atoms with E-state index in [-0.39, 0.29) is 17.2 Å². The molecule has 2 N–H and O–H groups in total. The Morgan fingerprint density at radius 3 is 2.83 bits per heavy atom. The summed E-state index contributed by atoms with van der Waals surface area (Å²) in [6.45, 7) is 2.74. The highest BCUT2D eigenvalue weighted by molar-refractivity contribution is 5.99. The van der Waals surface area contributed by atoms with E-state index in [1.165, 1.54) is 5.56 Å². The van der Waals surface area contributed by atoms with Gasteiger partial charge in [-0.15, -0.1) is 0 Å². The molecule has 3 aliphatic heterocycles. The van der Waals surface area contributed by atoms with Crippen molar-refractivity contribution in [3.8, 4) is 11.5 Å². The molecule has 2 fully saturated rings. The van der Waals surface area contributed by atoms with Gasteiger partial charge in [0.1, 0.15) is 11.5 Å². The smallest absolute Gasteiger partial charge is 0.267 e. The fourth-order valence-corrected chi connectivity index (χ4v) is 3.70. The third kappa shape index (κ3) is 2.57. The van der Waals surface area contributed by atoms with Gasteiger partial charge in [0.05, 0.1) is 6.61 Å². The number of imide groups is 1. The highest BCUT2D eigenvalue weighted by atomic mass is 16.5. The molecule has 6 nitrogen and oxygen atoms in total. The summed E-state index contributed by atoms with van der Waals surface area (Å²) in [5, 5.41) is 5.70. The standard InChI is InChI=1S/C17H20N2O4/c20-15-4-3-13(16(21)19-15)23-11-1-2-12-14(9-11)22-10-17(12)5-7-18-8-6-17/h1-2,9,13,18H,3-8,10H2,(H,19,20,21)/t13-/m1/s1. The molecule has 6 heteroatoms. The summed E-state index contributed by atoms with van der Waals surface area (Å²) in [5.41, 5.74) is 1.36. The SMILES string of the molecule is O=C1CC[C@@H](Oc2ccc3c(c2)OCC32CCNCC2)C(=O)N1. The van der Waals surface area contributed by atoms with Gasteiger partial charge in [0, 0.05) is 29.9 Å². The summed E-state index contributed by atoms with van der Waals surface area (Å²) in [7, 11) is 0. The lowest BCUT2D eigenvalue weighted by Crippen LogP contribution is -2.46. The number of carbonyl (C=O) groups is 2. The first kappa shape index (κ1) is 14.5. The van der Waals surface area contributed by atoms with Crippen LogP contribution in [0.1, 0.15) is 31.2 Å². The maximum atomic E-state index is 11.8. The van der Waals surface area contributed by atoms with E-state index in [1.54, 1.807) is 0 Å². The molecule has 3 aliphatic rings. The van der Waals surface area contributed by atoms with Crippen molar-refractivity contribution in [2.24, 2.45) is 0 Å². The van der Waals surface area contributed by atoms with Gasteiger partial charge in [0.15, 0.2) is 6.10 Å². The topological polar surface area (TPSA) is 76.7 Å². The molecule has 2 amide bonds. The number of nitrogens with one attached hydrogen (secondary N) is 2. The number of piperidine rings is 2. The lowest BCUT2D eigenvalue weighted by molar-refractivity contribution is -0.138. The number of rotatable bonds is 2. The predicted molar refractivity (Wildman–Crippen MR) is 82.5 cm³/mol. The van der Waals surface area contributed by atoms with E-state index in [0.717, 1.165) is 31.7 Å². The summed E-state index contributed by atoms with van der Waals surface area (Å²) < 4.78 is 11.7. The van der Waals surface area contributed by atoms with E-state index in [2.05, 4.69) is 16.7 Å². The Balaban J connectivity index is 1.52. The van der Waals surface area contributed by atoms with Gasteiger partial charge in [-0.1, -0.05) is 6.07 Å². The molecular formula is C17H20N2O4. The van der Waals surface area contributed by atoms with Crippen molar-refractivity contribution in [1.29, 1.82) is 0 Å². The van der Waals surface area contributed by atoms with Crippen molar-refractivity contribution in [1.82, 2.24) is 10.6 Å². The van der Waals surface area contributed by atoms with E-state index < -0.39 is 6.10 Å². The molecule has 1 aromatic rings. The van der Waals surface area contributed by atoms with Crippen molar-refractivity contribution < 1.29 is 19.1 Å². The molecule has 23 heavy (non-hydrogen) atoms. The van der Waals surface area contributed by atoms with Crippen molar-refractivity contribution in [2.45, 2.75) is 37.2 Å². The minimum atomic E-state index is -0.611. The van der Waals surface area contributed by atoms with Crippen molar-refractivity contribution in [3.05, 3.63) is 23.8 Å². The highest BCUT2D eigenvalue weighted by Crippen LogP contribution is 2.45. The highest BCUT2D eigenvalue weighted by Gasteiger charge is 2.41. The number of fused-ring (bicyclic) bond motifs is 2. The van der Waals surface area contributed by atoms with Crippen LogP contribution in [0.3, 0.4) is 0 Å². The van der Waals surface area contributed by atoms with Gasteiger partial charge >= 0.3 is 0 Å². The molecule has 0 bridgehead atoms. The summed E-state index contributed by atoms with van der Waals surface area (Å²) in [5.74, 6) is 0.874. The zero-order chi connectivity index (χ0) is 15.9. The van der Waals surface area contributed by atoms with Crippen LogP contribution in [-0.2, 0) is 15.0 Å². The van der Waals surface area contributed by atoms with Gasteiger partial charge in [0.2, 0.25) is 5.91 Å². The molecule has 3 heterocycles. The molecule has 1 spiro atoms. The van der Waals surface area contributed by atoms with Crippen molar-refractivity contribution in [3.63, 3.8) is 0 Å². The summed E-state index contributed by atoms with van der Waals surface area (Å²) in [4.78, 5) is 23.0. The van der Waals surface area contributed by atoms with Crippen LogP contribution in [0.4, 0.5) is 0 Å².